The summed E-state index contributed by atoms with van der Waals surface area (Å²) in [6, 6.07) is 6.77. The summed E-state index contributed by atoms with van der Waals surface area (Å²) in [5.74, 6) is -0.110. The van der Waals surface area contributed by atoms with E-state index >= 15 is 0 Å². The summed E-state index contributed by atoms with van der Waals surface area (Å²) in [5.41, 5.74) is 0.998. The molecule has 9 heteroatoms. The molecule has 150 valence electrons. The van der Waals surface area contributed by atoms with E-state index in [1.165, 1.54) is 4.31 Å². The molecule has 1 fully saturated rings. The number of ether oxygens (including phenoxy) is 1. The van der Waals surface area contributed by atoms with Crippen molar-refractivity contribution in [1.82, 2.24) is 14.5 Å². The maximum Gasteiger partial charge on any atom is 0.407 e. The molecule has 1 saturated heterocycles. The van der Waals surface area contributed by atoms with Gasteiger partial charge in [0.1, 0.15) is 0 Å². The highest BCUT2D eigenvalue weighted by molar-refractivity contribution is 7.89. The second kappa shape index (κ2) is 9.70. The third-order valence-corrected chi connectivity index (χ3v) is 6.26. The third kappa shape index (κ3) is 5.93. The van der Waals surface area contributed by atoms with Crippen molar-refractivity contribution < 1.29 is 22.7 Å². The Labute approximate surface area is 160 Å². The topological polar surface area (TPSA) is 96.0 Å². The van der Waals surface area contributed by atoms with Gasteiger partial charge in [-0.25, -0.2) is 13.2 Å². The lowest BCUT2D eigenvalue weighted by Crippen LogP contribution is -2.38. The highest BCUT2D eigenvalue weighted by atomic mass is 32.2. The van der Waals surface area contributed by atoms with Crippen LogP contribution in [0.25, 0.3) is 0 Å². The Hall–Kier alpha value is -2.13. The van der Waals surface area contributed by atoms with Crippen LogP contribution in [0.1, 0.15) is 25.3 Å². The average Bonchev–Trinajstić information content (AvgIpc) is 2.89. The largest absolute Gasteiger partial charge is 0.450 e. The number of carbonyl (C=O) groups is 2. The Kier molecular flexibility index (Phi) is 7.61. The summed E-state index contributed by atoms with van der Waals surface area (Å²) in [7, 11) is -3.56. The Bertz CT molecular complexity index is 749. The van der Waals surface area contributed by atoms with Crippen LogP contribution in [0.5, 0.6) is 0 Å². The van der Waals surface area contributed by atoms with E-state index in [1.807, 2.05) is 6.92 Å². The van der Waals surface area contributed by atoms with Gasteiger partial charge in [0, 0.05) is 39.1 Å². The summed E-state index contributed by atoms with van der Waals surface area (Å²) >= 11 is 0. The molecule has 1 aromatic carbocycles. The number of amides is 2. The van der Waals surface area contributed by atoms with E-state index in [1.54, 1.807) is 36.1 Å². The van der Waals surface area contributed by atoms with E-state index in [2.05, 4.69) is 5.32 Å². The van der Waals surface area contributed by atoms with Crippen LogP contribution in [0.15, 0.2) is 29.2 Å². The van der Waals surface area contributed by atoms with Crippen LogP contribution in [0.4, 0.5) is 4.79 Å². The van der Waals surface area contributed by atoms with Crippen LogP contribution >= 0.6 is 0 Å². The number of nitrogens with one attached hydrogen (secondary N) is 1. The number of aryl methyl sites for hydroxylation is 1. The van der Waals surface area contributed by atoms with Gasteiger partial charge in [0.25, 0.3) is 0 Å². The number of rotatable bonds is 6. The summed E-state index contributed by atoms with van der Waals surface area (Å²) in [6.07, 6.45) is 0.183. The van der Waals surface area contributed by atoms with Gasteiger partial charge in [0.15, 0.2) is 0 Å². The maximum absolute atomic E-state index is 12.8. The average molecular weight is 397 g/mol. The number of hydrogen-bond acceptors (Lipinski definition) is 5. The summed E-state index contributed by atoms with van der Waals surface area (Å²) in [4.78, 5) is 25.5. The lowest BCUT2D eigenvalue weighted by molar-refractivity contribution is -0.130. The molecule has 0 unspecified atom stereocenters. The first-order valence-electron chi connectivity index (χ1n) is 9.10. The van der Waals surface area contributed by atoms with Gasteiger partial charge in [-0.3, -0.25) is 4.79 Å². The number of sulfonamides is 1. The van der Waals surface area contributed by atoms with Crippen molar-refractivity contribution in [2.45, 2.75) is 31.6 Å². The second-order valence-corrected chi connectivity index (χ2v) is 8.29. The molecular formula is C18H27N3O5S. The van der Waals surface area contributed by atoms with E-state index in [9.17, 15) is 18.0 Å². The number of carbonyl (C=O) groups excluding carboxylic acids is 2. The molecule has 1 aromatic rings. The van der Waals surface area contributed by atoms with E-state index in [4.69, 9.17) is 4.74 Å². The minimum absolute atomic E-state index is 0.110. The molecule has 1 N–H and O–H groups in total. The van der Waals surface area contributed by atoms with E-state index in [-0.39, 0.29) is 36.9 Å². The van der Waals surface area contributed by atoms with Crippen LogP contribution in [0.2, 0.25) is 0 Å². The van der Waals surface area contributed by atoms with E-state index in [0.29, 0.717) is 26.1 Å². The Morgan fingerprint density at radius 2 is 1.81 bits per heavy atom. The quantitative estimate of drug-likeness (QED) is 0.782. The van der Waals surface area contributed by atoms with Crippen molar-refractivity contribution in [2.75, 3.05) is 39.3 Å². The van der Waals surface area contributed by atoms with Crippen molar-refractivity contribution in [3.05, 3.63) is 29.8 Å². The zero-order valence-electron chi connectivity index (χ0n) is 15.8. The zero-order valence-corrected chi connectivity index (χ0v) is 16.6. The molecule has 2 amide bonds. The molecule has 8 nitrogen and oxygen atoms in total. The van der Waals surface area contributed by atoms with Crippen molar-refractivity contribution in [3.8, 4) is 0 Å². The molecule has 27 heavy (non-hydrogen) atoms. The number of alkyl carbamates (subject to hydrolysis) is 1. The molecule has 0 bridgehead atoms. The Morgan fingerprint density at radius 3 is 2.48 bits per heavy atom. The van der Waals surface area contributed by atoms with Gasteiger partial charge in [0.2, 0.25) is 15.9 Å². The monoisotopic (exact) mass is 397 g/mol. The van der Waals surface area contributed by atoms with Crippen LogP contribution in [-0.4, -0.2) is 69.0 Å². The standard InChI is InChI=1S/C18H27N3O5S/c1-3-26-18(23)19-10-9-17(22)20-11-4-12-21(14-13-20)27(24,25)16-7-5-15(2)6-8-16/h5-8H,3-4,9-14H2,1-2H3,(H,19,23). The molecule has 1 aliphatic rings. The number of nitrogens with zero attached hydrogens (tertiary/aromatic N) is 2. The molecule has 0 saturated carbocycles. The first kappa shape index (κ1) is 21.2. The second-order valence-electron chi connectivity index (χ2n) is 6.35. The minimum atomic E-state index is -3.56. The fourth-order valence-electron chi connectivity index (χ4n) is 2.85. The molecule has 0 atom stereocenters. The Morgan fingerprint density at radius 1 is 1.11 bits per heavy atom. The van der Waals surface area contributed by atoms with Crippen LogP contribution in [-0.2, 0) is 19.6 Å². The van der Waals surface area contributed by atoms with Crippen molar-refractivity contribution in [2.24, 2.45) is 0 Å². The number of benzene rings is 1. The van der Waals surface area contributed by atoms with Gasteiger partial charge in [-0.1, -0.05) is 17.7 Å². The van der Waals surface area contributed by atoms with Gasteiger partial charge >= 0.3 is 6.09 Å². The predicted octanol–water partition coefficient (Wildman–Crippen LogP) is 1.35. The molecule has 0 radical (unpaired) electrons. The summed E-state index contributed by atoms with van der Waals surface area (Å²) in [6.45, 7) is 5.55. The van der Waals surface area contributed by atoms with Crippen molar-refractivity contribution in [3.63, 3.8) is 0 Å². The molecule has 0 aromatic heterocycles. The first-order chi connectivity index (χ1) is 12.8. The van der Waals surface area contributed by atoms with Crippen LogP contribution in [0.3, 0.4) is 0 Å². The highest BCUT2D eigenvalue weighted by Crippen LogP contribution is 2.18. The SMILES string of the molecule is CCOC(=O)NCCC(=O)N1CCCN(S(=O)(=O)c2ccc(C)cc2)CC1. The van der Waals surface area contributed by atoms with Gasteiger partial charge < -0.3 is 15.0 Å². The van der Waals surface area contributed by atoms with Crippen LogP contribution in [0, 0.1) is 6.92 Å². The van der Waals surface area contributed by atoms with Crippen molar-refractivity contribution in [1.29, 1.82) is 0 Å². The Balaban J connectivity index is 1.90. The summed E-state index contributed by atoms with van der Waals surface area (Å²) in [5, 5.41) is 2.51. The van der Waals surface area contributed by atoms with Crippen LogP contribution < -0.4 is 5.32 Å². The number of hydrogen-bond donors (Lipinski definition) is 1. The molecule has 1 heterocycles. The lowest BCUT2D eigenvalue weighted by Gasteiger charge is -2.22. The zero-order chi connectivity index (χ0) is 19.9. The summed E-state index contributed by atoms with van der Waals surface area (Å²) < 4.78 is 31.8. The molecule has 1 aliphatic heterocycles. The fourth-order valence-corrected chi connectivity index (χ4v) is 4.32. The van der Waals surface area contributed by atoms with Gasteiger partial charge in [-0.15, -0.1) is 0 Å². The fraction of sp³-hybridized carbons (Fsp3) is 0.556. The van der Waals surface area contributed by atoms with Gasteiger partial charge in [-0.05, 0) is 32.4 Å². The minimum Gasteiger partial charge on any atom is -0.450 e. The third-order valence-electron chi connectivity index (χ3n) is 4.35. The molecule has 0 spiro atoms. The molecular weight excluding hydrogens is 370 g/mol. The maximum atomic E-state index is 12.8. The van der Waals surface area contributed by atoms with Gasteiger partial charge in [-0.2, -0.15) is 4.31 Å². The van der Waals surface area contributed by atoms with E-state index < -0.39 is 16.1 Å². The highest BCUT2D eigenvalue weighted by Gasteiger charge is 2.28. The van der Waals surface area contributed by atoms with Gasteiger partial charge in [0.05, 0.1) is 11.5 Å². The normalized spacial score (nSPS) is 15.9. The van der Waals surface area contributed by atoms with E-state index in [0.717, 1.165) is 5.56 Å². The predicted molar refractivity (Wildman–Crippen MR) is 101 cm³/mol. The lowest BCUT2D eigenvalue weighted by atomic mass is 10.2. The smallest absolute Gasteiger partial charge is 0.407 e. The first-order valence-corrected chi connectivity index (χ1v) is 10.5. The molecule has 2 rings (SSSR count). The van der Waals surface area contributed by atoms with Crippen molar-refractivity contribution >= 4 is 22.0 Å². The molecule has 0 aliphatic carbocycles.